The number of benzene rings is 1. The molecule has 1 aromatic rings. The maximum absolute atomic E-state index is 10.9. The second-order valence-corrected chi connectivity index (χ2v) is 13.2. The number of fused-ring (bicyclic) bond motifs is 2. The fourth-order valence-corrected chi connectivity index (χ4v) is 7.18. The number of amidine groups is 1. The van der Waals surface area contributed by atoms with Crippen LogP contribution in [0.3, 0.4) is 0 Å². The number of methoxy groups -OCH3 is 1. The van der Waals surface area contributed by atoms with Gasteiger partial charge in [0.15, 0.2) is 0 Å². The molecule has 0 spiro atoms. The van der Waals surface area contributed by atoms with Gasteiger partial charge >= 0.3 is 0 Å². The fraction of sp³-hybridized carbons (Fsp3) is 0.759. The molecule has 0 amide bonds. The van der Waals surface area contributed by atoms with Gasteiger partial charge < -0.3 is 41.0 Å². The van der Waals surface area contributed by atoms with Crippen LogP contribution in [0.25, 0.3) is 0 Å². The number of rotatable bonds is 10. The van der Waals surface area contributed by atoms with Crippen LogP contribution in [-0.2, 0) is 14.9 Å². The quantitative estimate of drug-likeness (QED) is 0.206. The van der Waals surface area contributed by atoms with Crippen LogP contribution in [0, 0.1) is 5.92 Å². The number of ether oxygens (including phenoxy) is 2. The molecule has 12 heteroatoms. The van der Waals surface area contributed by atoms with Gasteiger partial charge in [-0.25, -0.2) is 4.90 Å². The molecule has 4 aliphatic heterocycles. The maximum Gasteiger partial charge on any atom is 0.142 e. The van der Waals surface area contributed by atoms with E-state index in [9.17, 15) is 10.2 Å². The van der Waals surface area contributed by atoms with Crippen molar-refractivity contribution >= 4 is 17.2 Å². The molecule has 3 fully saturated rings. The number of aliphatic imine (C=N–C) groups is 1. The van der Waals surface area contributed by atoms with Crippen LogP contribution in [0.4, 0.5) is 11.4 Å². The van der Waals surface area contributed by atoms with E-state index in [2.05, 4.69) is 70.3 Å². The van der Waals surface area contributed by atoms with E-state index in [0.717, 1.165) is 25.7 Å². The van der Waals surface area contributed by atoms with E-state index in [1.54, 1.807) is 7.11 Å². The SMILES string of the molecule is COCC(C)(C)c1ccc2c(c1)NC(CCC1CC(N(C)C[C@H]3O[C@@H](N4CNC5C(N)=NCNC54)[C@H](O)[C@@H]3O)C1)N2. The highest BCUT2D eigenvalue weighted by Gasteiger charge is 2.51. The zero-order valence-corrected chi connectivity index (χ0v) is 24.7. The Kier molecular flexibility index (Phi) is 8.20. The first-order valence-corrected chi connectivity index (χ1v) is 15.1. The molecular weight excluding hydrogens is 524 g/mol. The first-order valence-electron chi connectivity index (χ1n) is 15.1. The van der Waals surface area contributed by atoms with Crippen LogP contribution in [0.2, 0.25) is 0 Å². The third-order valence-corrected chi connectivity index (χ3v) is 9.84. The summed E-state index contributed by atoms with van der Waals surface area (Å²) in [6.45, 7) is 6.63. The molecule has 3 unspecified atom stereocenters. The fourth-order valence-electron chi connectivity index (χ4n) is 7.18. The molecule has 228 valence electrons. The van der Waals surface area contributed by atoms with Gasteiger partial charge in [0.05, 0.1) is 49.7 Å². The smallest absolute Gasteiger partial charge is 0.142 e. The van der Waals surface area contributed by atoms with E-state index in [1.807, 2.05) is 4.90 Å². The van der Waals surface area contributed by atoms with Crippen LogP contribution in [-0.4, -0.2) is 115 Å². The average molecular weight is 573 g/mol. The van der Waals surface area contributed by atoms with Crippen LogP contribution in [0.5, 0.6) is 0 Å². The van der Waals surface area contributed by atoms with Crippen LogP contribution in [0.1, 0.15) is 45.1 Å². The number of aliphatic hydroxyl groups is 2. The monoisotopic (exact) mass is 572 g/mol. The second kappa shape index (κ2) is 11.6. The van der Waals surface area contributed by atoms with Crippen molar-refractivity contribution in [2.75, 3.05) is 51.3 Å². The predicted octanol–water partition coefficient (Wildman–Crippen LogP) is 0.187. The van der Waals surface area contributed by atoms with Gasteiger partial charge in [-0.2, -0.15) is 0 Å². The number of anilines is 2. The molecule has 0 bridgehead atoms. The zero-order valence-electron chi connectivity index (χ0n) is 24.7. The molecular formula is C29H48N8O4. The van der Waals surface area contributed by atoms with E-state index >= 15 is 0 Å². The molecule has 12 nitrogen and oxygen atoms in total. The topological polar surface area (TPSA) is 152 Å². The maximum atomic E-state index is 10.9. The summed E-state index contributed by atoms with van der Waals surface area (Å²) in [6.07, 6.45) is 1.68. The highest BCUT2D eigenvalue weighted by molar-refractivity contribution is 5.87. The van der Waals surface area contributed by atoms with Crippen molar-refractivity contribution in [3.05, 3.63) is 23.8 Å². The lowest BCUT2D eigenvalue weighted by Gasteiger charge is -2.42. The molecule has 1 saturated carbocycles. The molecule has 5 aliphatic rings. The summed E-state index contributed by atoms with van der Waals surface area (Å²) in [5.74, 6) is 1.25. The summed E-state index contributed by atoms with van der Waals surface area (Å²) < 4.78 is 11.7. The van der Waals surface area contributed by atoms with Gasteiger partial charge in [-0.05, 0) is 56.3 Å². The molecule has 1 aromatic carbocycles. The summed E-state index contributed by atoms with van der Waals surface area (Å²) in [7, 11) is 3.85. The molecule has 7 atom stereocenters. The summed E-state index contributed by atoms with van der Waals surface area (Å²) in [4.78, 5) is 8.54. The van der Waals surface area contributed by atoms with E-state index in [1.165, 1.54) is 16.9 Å². The Morgan fingerprint density at radius 2 is 1.93 bits per heavy atom. The van der Waals surface area contributed by atoms with Gasteiger partial charge in [-0.1, -0.05) is 19.9 Å². The molecule has 2 saturated heterocycles. The molecule has 8 N–H and O–H groups in total. The predicted molar refractivity (Wildman–Crippen MR) is 158 cm³/mol. The van der Waals surface area contributed by atoms with Crippen LogP contribution in [0.15, 0.2) is 23.2 Å². The largest absolute Gasteiger partial charge is 0.387 e. The minimum Gasteiger partial charge on any atom is -0.387 e. The van der Waals surface area contributed by atoms with E-state index in [0.29, 0.717) is 44.3 Å². The van der Waals surface area contributed by atoms with Crippen LogP contribution >= 0.6 is 0 Å². The van der Waals surface area contributed by atoms with Gasteiger partial charge in [0.1, 0.15) is 30.4 Å². The van der Waals surface area contributed by atoms with Gasteiger partial charge in [0.25, 0.3) is 0 Å². The minimum atomic E-state index is -0.984. The number of hydrogen-bond donors (Lipinski definition) is 7. The van der Waals surface area contributed by atoms with Crippen molar-refractivity contribution in [1.29, 1.82) is 0 Å². The lowest BCUT2D eigenvalue weighted by molar-refractivity contribution is -0.105. The number of likely N-dealkylation sites (N-methyl/N-ethyl adjacent to an activating group) is 1. The van der Waals surface area contributed by atoms with E-state index in [4.69, 9.17) is 15.2 Å². The van der Waals surface area contributed by atoms with E-state index < -0.39 is 24.5 Å². The van der Waals surface area contributed by atoms with Gasteiger partial charge in [-0.3, -0.25) is 15.6 Å². The second-order valence-electron chi connectivity index (χ2n) is 13.2. The lowest BCUT2D eigenvalue weighted by atomic mass is 9.76. The normalized spacial score (nSPS) is 36.9. The summed E-state index contributed by atoms with van der Waals surface area (Å²) in [5, 5.41) is 35.7. The number of nitrogens with two attached hydrogens (primary N) is 1. The molecule has 1 aliphatic carbocycles. The molecule has 6 rings (SSSR count). The van der Waals surface area contributed by atoms with Crippen LogP contribution < -0.4 is 27.0 Å². The Labute approximate surface area is 243 Å². The lowest BCUT2D eigenvalue weighted by Crippen LogP contribution is -2.59. The van der Waals surface area contributed by atoms with Crippen molar-refractivity contribution in [2.24, 2.45) is 16.6 Å². The van der Waals surface area contributed by atoms with E-state index in [-0.39, 0.29) is 23.8 Å². The summed E-state index contributed by atoms with van der Waals surface area (Å²) >= 11 is 0. The van der Waals surface area contributed by atoms with Gasteiger partial charge in [-0.15, -0.1) is 0 Å². The standard InChI is InChI=1S/C29H48N8O4/c1-29(2,13-40-4)17-6-7-19-20(11-17)35-22(34-19)8-5-16-9-18(10-16)36(3)12-21-24(38)25(39)28(41-21)37-15-33-23-26(30)31-14-32-27(23)37/h6-7,11,16,18,21-25,27-28,32-35,38-39H,5,8-10,12-15H2,1-4H3,(H2,30,31)/t16?,18?,21-,22?,23?,24-,25-,27?,28-/m1/s1. The number of aliphatic hydroxyl groups excluding tert-OH is 2. The molecule has 41 heavy (non-hydrogen) atoms. The first kappa shape index (κ1) is 29.1. The molecule has 0 radical (unpaired) electrons. The Hall–Kier alpha value is -2.03. The number of nitrogens with zero attached hydrogens (tertiary/aromatic N) is 3. The highest BCUT2D eigenvalue weighted by Crippen LogP contribution is 2.39. The molecule has 0 aromatic heterocycles. The van der Waals surface area contributed by atoms with Gasteiger partial charge in [0, 0.05) is 25.1 Å². The Morgan fingerprint density at radius 1 is 1.15 bits per heavy atom. The first-order chi connectivity index (χ1) is 19.6. The molecule has 4 heterocycles. The van der Waals surface area contributed by atoms with Crippen molar-refractivity contribution in [1.82, 2.24) is 20.4 Å². The minimum absolute atomic E-state index is 0.0278. The third-order valence-electron chi connectivity index (χ3n) is 9.84. The van der Waals surface area contributed by atoms with Crippen molar-refractivity contribution in [2.45, 2.75) is 93.9 Å². The highest BCUT2D eigenvalue weighted by atomic mass is 16.6. The Balaban J connectivity index is 0.939. The summed E-state index contributed by atoms with van der Waals surface area (Å²) in [6, 6.07) is 6.97. The average Bonchev–Trinajstić information content (AvgIpc) is 3.60. The van der Waals surface area contributed by atoms with Crippen molar-refractivity contribution in [3.8, 4) is 0 Å². The van der Waals surface area contributed by atoms with Crippen molar-refractivity contribution < 1.29 is 19.7 Å². The number of hydrogen-bond acceptors (Lipinski definition) is 12. The Bertz CT molecular complexity index is 1110. The Morgan fingerprint density at radius 3 is 2.71 bits per heavy atom. The zero-order chi connectivity index (χ0) is 28.9. The van der Waals surface area contributed by atoms with Crippen molar-refractivity contribution in [3.63, 3.8) is 0 Å². The summed E-state index contributed by atoms with van der Waals surface area (Å²) in [5.41, 5.74) is 9.65. The number of nitrogens with one attached hydrogen (secondary N) is 4. The van der Waals surface area contributed by atoms with Gasteiger partial charge in [0.2, 0.25) is 0 Å². The third kappa shape index (κ3) is 5.68.